The number of sulfone groups is 1. The molecule has 0 aliphatic heterocycles. The lowest BCUT2D eigenvalue weighted by atomic mass is 9.98. The van der Waals surface area contributed by atoms with Crippen molar-refractivity contribution < 1.29 is 8.42 Å². The minimum atomic E-state index is -3.10. The Labute approximate surface area is 117 Å². The van der Waals surface area contributed by atoms with Crippen LogP contribution in [0, 0.1) is 5.92 Å². The SMILES string of the molecule is CNC(CCCC(C)C)c1ccc(S(C)(=O)=O)cc1. The van der Waals surface area contributed by atoms with Crippen LogP contribution in [0.4, 0.5) is 0 Å². The third-order valence-corrected chi connectivity index (χ3v) is 4.46. The zero-order valence-corrected chi connectivity index (χ0v) is 13.1. The van der Waals surface area contributed by atoms with E-state index in [4.69, 9.17) is 0 Å². The van der Waals surface area contributed by atoms with Gasteiger partial charge in [0, 0.05) is 12.3 Å². The quantitative estimate of drug-likeness (QED) is 0.836. The molecule has 0 heterocycles. The molecule has 1 rings (SSSR count). The fourth-order valence-corrected chi connectivity index (χ4v) is 2.79. The number of rotatable bonds is 7. The molecule has 1 atom stereocenters. The second-order valence-corrected chi connectivity index (χ2v) is 7.52. The molecule has 1 aromatic carbocycles. The zero-order valence-electron chi connectivity index (χ0n) is 12.3. The lowest BCUT2D eigenvalue weighted by Crippen LogP contribution is -2.16. The fraction of sp³-hybridized carbons (Fsp3) is 0.600. The molecule has 0 bridgehead atoms. The molecule has 0 radical (unpaired) electrons. The molecule has 0 saturated heterocycles. The number of hydrogen-bond acceptors (Lipinski definition) is 3. The average Bonchev–Trinajstić information content (AvgIpc) is 2.33. The van der Waals surface area contributed by atoms with Gasteiger partial charge in [-0.1, -0.05) is 38.8 Å². The van der Waals surface area contributed by atoms with Gasteiger partial charge >= 0.3 is 0 Å². The first-order valence-electron chi connectivity index (χ1n) is 6.82. The van der Waals surface area contributed by atoms with E-state index in [1.54, 1.807) is 12.1 Å². The van der Waals surface area contributed by atoms with Crippen molar-refractivity contribution in [2.75, 3.05) is 13.3 Å². The van der Waals surface area contributed by atoms with Gasteiger partial charge in [0.25, 0.3) is 0 Å². The largest absolute Gasteiger partial charge is 0.313 e. The van der Waals surface area contributed by atoms with Gasteiger partial charge in [-0.2, -0.15) is 0 Å². The van der Waals surface area contributed by atoms with Crippen molar-refractivity contribution in [1.29, 1.82) is 0 Å². The molecule has 1 aromatic rings. The summed E-state index contributed by atoms with van der Waals surface area (Å²) >= 11 is 0. The molecule has 19 heavy (non-hydrogen) atoms. The minimum absolute atomic E-state index is 0.298. The van der Waals surface area contributed by atoms with Gasteiger partial charge in [0.15, 0.2) is 9.84 Å². The summed E-state index contributed by atoms with van der Waals surface area (Å²) in [6, 6.07) is 7.50. The minimum Gasteiger partial charge on any atom is -0.313 e. The van der Waals surface area contributed by atoms with E-state index >= 15 is 0 Å². The van der Waals surface area contributed by atoms with Crippen LogP contribution in [0.1, 0.15) is 44.7 Å². The lowest BCUT2D eigenvalue weighted by Gasteiger charge is -2.17. The highest BCUT2D eigenvalue weighted by Gasteiger charge is 2.11. The Bertz CT molecular complexity index is 477. The molecular weight excluding hydrogens is 258 g/mol. The molecule has 1 N–H and O–H groups in total. The van der Waals surface area contributed by atoms with Crippen molar-refractivity contribution in [3.63, 3.8) is 0 Å². The van der Waals surface area contributed by atoms with Crippen molar-refractivity contribution in [1.82, 2.24) is 5.32 Å². The average molecular weight is 283 g/mol. The molecule has 0 aliphatic carbocycles. The van der Waals surface area contributed by atoms with Gasteiger partial charge in [0.05, 0.1) is 4.90 Å². The van der Waals surface area contributed by atoms with Crippen molar-refractivity contribution >= 4 is 9.84 Å². The Kier molecular flexibility index (Phi) is 6.01. The van der Waals surface area contributed by atoms with Crippen LogP contribution in [0.5, 0.6) is 0 Å². The maximum atomic E-state index is 11.4. The first-order valence-corrected chi connectivity index (χ1v) is 8.71. The van der Waals surface area contributed by atoms with Crippen LogP contribution in [-0.2, 0) is 9.84 Å². The Morgan fingerprint density at radius 3 is 2.11 bits per heavy atom. The number of benzene rings is 1. The van der Waals surface area contributed by atoms with E-state index in [1.165, 1.54) is 19.1 Å². The van der Waals surface area contributed by atoms with Crippen LogP contribution in [0.25, 0.3) is 0 Å². The topological polar surface area (TPSA) is 46.2 Å². The van der Waals surface area contributed by atoms with E-state index in [0.29, 0.717) is 10.9 Å². The smallest absolute Gasteiger partial charge is 0.175 e. The van der Waals surface area contributed by atoms with Gasteiger partial charge in [0.2, 0.25) is 0 Å². The second-order valence-electron chi connectivity index (χ2n) is 5.51. The standard InChI is InChI=1S/C15H25NO2S/c1-12(2)6-5-7-15(16-3)13-8-10-14(11-9-13)19(4,17)18/h8-12,15-16H,5-7H2,1-4H3. The first-order chi connectivity index (χ1) is 8.84. The maximum absolute atomic E-state index is 11.4. The third-order valence-electron chi connectivity index (χ3n) is 3.33. The summed E-state index contributed by atoms with van der Waals surface area (Å²) in [5.74, 6) is 0.727. The Morgan fingerprint density at radius 2 is 1.68 bits per heavy atom. The van der Waals surface area contributed by atoms with Gasteiger partial charge in [-0.15, -0.1) is 0 Å². The first kappa shape index (κ1) is 16.2. The summed E-state index contributed by atoms with van der Waals surface area (Å²) in [4.78, 5) is 0.383. The van der Waals surface area contributed by atoms with E-state index < -0.39 is 9.84 Å². The van der Waals surface area contributed by atoms with Crippen LogP contribution in [-0.4, -0.2) is 21.7 Å². The predicted octanol–water partition coefficient (Wildman–Crippen LogP) is 3.18. The van der Waals surface area contributed by atoms with Crippen LogP contribution >= 0.6 is 0 Å². The van der Waals surface area contributed by atoms with Crippen molar-refractivity contribution in [3.8, 4) is 0 Å². The molecule has 0 aliphatic rings. The zero-order chi connectivity index (χ0) is 14.5. The molecule has 0 fully saturated rings. The normalized spacial score (nSPS) is 13.7. The van der Waals surface area contributed by atoms with Gasteiger partial charge in [-0.3, -0.25) is 0 Å². The van der Waals surface area contributed by atoms with Gasteiger partial charge < -0.3 is 5.32 Å². The molecule has 108 valence electrons. The highest BCUT2D eigenvalue weighted by molar-refractivity contribution is 7.90. The van der Waals surface area contributed by atoms with Crippen LogP contribution < -0.4 is 5.32 Å². The van der Waals surface area contributed by atoms with Gasteiger partial charge in [-0.25, -0.2) is 8.42 Å². The van der Waals surface area contributed by atoms with Crippen molar-refractivity contribution in [3.05, 3.63) is 29.8 Å². The second kappa shape index (κ2) is 7.06. The van der Waals surface area contributed by atoms with Gasteiger partial charge in [0.1, 0.15) is 0 Å². The summed E-state index contributed by atoms with van der Waals surface area (Å²) in [6.45, 7) is 4.46. The molecule has 1 unspecified atom stereocenters. The molecule has 3 nitrogen and oxygen atoms in total. The van der Waals surface area contributed by atoms with Crippen LogP contribution in [0.3, 0.4) is 0 Å². The van der Waals surface area contributed by atoms with Crippen LogP contribution in [0.15, 0.2) is 29.2 Å². The molecule has 0 amide bonds. The third kappa shape index (κ3) is 5.33. The van der Waals surface area contributed by atoms with Crippen LogP contribution in [0.2, 0.25) is 0 Å². The summed E-state index contributed by atoms with van der Waals surface area (Å²) in [5.41, 5.74) is 1.15. The fourth-order valence-electron chi connectivity index (χ4n) is 2.16. The summed E-state index contributed by atoms with van der Waals surface area (Å²) < 4.78 is 22.8. The molecule has 0 spiro atoms. The lowest BCUT2D eigenvalue weighted by molar-refractivity contribution is 0.470. The highest BCUT2D eigenvalue weighted by Crippen LogP contribution is 2.22. The highest BCUT2D eigenvalue weighted by atomic mass is 32.2. The molecule has 0 aromatic heterocycles. The summed E-state index contributed by atoms with van der Waals surface area (Å²) in [6.07, 6.45) is 4.71. The molecule has 0 saturated carbocycles. The predicted molar refractivity (Wildman–Crippen MR) is 80.0 cm³/mol. The monoisotopic (exact) mass is 283 g/mol. The van der Waals surface area contributed by atoms with Gasteiger partial charge in [-0.05, 0) is 37.1 Å². The van der Waals surface area contributed by atoms with E-state index in [1.807, 2.05) is 19.2 Å². The van der Waals surface area contributed by atoms with E-state index in [0.717, 1.165) is 17.9 Å². The van der Waals surface area contributed by atoms with E-state index in [2.05, 4.69) is 19.2 Å². The summed E-state index contributed by atoms with van der Waals surface area (Å²) in [7, 11) is -1.15. The van der Waals surface area contributed by atoms with Crippen molar-refractivity contribution in [2.24, 2.45) is 5.92 Å². The molecular formula is C15H25NO2S. The summed E-state index contributed by atoms with van der Waals surface area (Å²) in [5, 5.41) is 3.30. The Balaban J connectivity index is 2.71. The van der Waals surface area contributed by atoms with E-state index in [-0.39, 0.29) is 0 Å². The van der Waals surface area contributed by atoms with E-state index in [9.17, 15) is 8.42 Å². The van der Waals surface area contributed by atoms with Crippen molar-refractivity contribution in [2.45, 2.75) is 44.0 Å². The number of hydrogen-bond donors (Lipinski definition) is 1. The maximum Gasteiger partial charge on any atom is 0.175 e. The Morgan fingerprint density at radius 1 is 1.11 bits per heavy atom. The molecule has 4 heteroatoms. The Hall–Kier alpha value is -0.870. The number of nitrogens with one attached hydrogen (secondary N) is 1.